The van der Waals surface area contributed by atoms with Crippen molar-refractivity contribution in [2.24, 2.45) is 10.8 Å². The lowest BCUT2D eigenvalue weighted by Gasteiger charge is -2.35. The molecule has 0 saturated carbocycles. The van der Waals surface area contributed by atoms with Gasteiger partial charge in [-0.2, -0.15) is 0 Å². The molecule has 1 amide bonds. The molecule has 7 nitrogen and oxygen atoms in total. The van der Waals surface area contributed by atoms with Crippen LogP contribution in [0.4, 0.5) is 0 Å². The van der Waals surface area contributed by atoms with Crippen LogP contribution in [-0.2, 0) is 9.53 Å². The molecular formula is C16H22N4O3S. The van der Waals surface area contributed by atoms with Gasteiger partial charge in [0.15, 0.2) is 5.17 Å². The Balaban J connectivity index is 1.78. The van der Waals surface area contributed by atoms with Crippen LogP contribution in [0.5, 0.6) is 0 Å². The minimum Gasteiger partial charge on any atom is -0.465 e. The molecule has 0 bridgehead atoms. The first-order chi connectivity index (χ1) is 11.6. The number of amidine groups is 1. The second kappa shape index (κ2) is 7.42. The summed E-state index contributed by atoms with van der Waals surface area (Å²) in [6, 6.07) is 3.70. The SMILES string of the molecule is CC(=O)N1N=C(N)SC1(C=Cc1ccco1)CCN1CCOCC1. The number of hydrazone groups is 1. The molecule has 1 atom stereocenters. The summed E-state index contributed by atoms with van der Waals surface area (Å²) >= 11 is 1.41. The summed E-state index contributed by atoms with van der Waals surface area (Å²) in [4.78, 5) is 13.8. The topological polar surface area (TPSA) is 84.3 Å². The highest BCUT2D eigenvalue weighted by molar-refractivity contribution is 8.15. The maximum atomic E-state index is 12.1. The molecular weight excluding hydrogens is 328 g/mol. The molecule has 1 aromatic heterocycles. The quantitative estimate of drug-likeness (QED) is 0.867. The smallest absolute Gasteiger partial charge is 0.241 e. The monoisotopic (exact) mass is 350 g/mol. The Bertz CT molecular complexity index is 625. The molecule has 130 valence electrons. The van der Waals surface area contributed by atoms with Crippen LogP contribution in [0.3, 0.4) is 0 Å². The van der Waals surface area contributed by atoms with Crippen LogP contribution in [-0.4, -0.2) is 58.7 Å². The zero-order chi connectivity index (χ0) is 17.0. The van der Waals surface area contributed by atoms with Gasteiger partial charge in [0.2, 0.25) is 5.91 Å². The molecule has 1 saturated heterocycles. The fourth-order valence-electron chi connectivity index (χ4n) is 2.85. The van der Waals surface area contributed by atoms with E-state index in [1.54, 1.807) is 6.26 Å². The summed E-state index contributed by atoms with van der Waals surface area (Å²) in [5.74, 6) is 0.601. The van der Waals surface area contributed by atoms with Crippen LogP contribution in [0, 0.1) is 0 Å². The first-order valence-electron chi connectivity index (χ1n) is 7.96. The van der Waals surface area contributed by atoms with E-state index in [2.05, 4.69) is 10.0 Å². The van der Waals surface area contributed by atoms with Gasteiger partial charge in [0.25, 0.3) is 0 Å². The molecule has 1 aromatic rings. The van der Waals surface area contributed by atoms with Gasteiger partial charge in [0, 0.05) is 26.6 Å². The third-order valence-corrected chi connectivity index (χ3v) is 5.24. The first kappa shape index (κ1) is 17.1. The molecule has 2 aliphatic rings. The standard InChI is InChI=1S/C16H22N4O3S/c1-13(21)20-16(24-15(17)18-20,5-4-14-3-2-10-23-14)6-7-19-8-11-22-12-9-19/h2-5,10H,6-9,11-12H2,1H3,(H2,17,18). The van der Waals surface area contributed by atoms with Gasteiger partial charge in [-0.25, -0.2) is 5.01 Å². The number of ether oxygens (including phenoxy) is 1. The van der Waals surface area contributed by atoms with Gasteiger partial charge in [-0.1, -0.05) is 11.8 Å². The van der Waals surface area contributed by atoms with Crippen molar-refractivity contribution in [1.29, 1.82) is 0 Å². The number of morpholine rings is 1. The van der Waals surface area contributed by atoms with Gasteiger partial charge in [0.1, 0.15) is 10.6 Å². The van der Waals surface area contributed by atoms with Crippen LogP contribution < -0.4 is 5.73 Å². The van der Waals surface area contributed by atoms with Gasteiger partial charge in [-0.15, -0.1) is 5.10 Å². The van der Waals surface area contributed by atoms with Gasteiger partial charge in [-0.3, -0.25) is 9.69 Å². The van der Waals surface area contributed by atoms with Crippen molar-refractivity contribution in [2.45, 2.75) is 18.2 Å². The maximum Gasteiger partial charge on any atom is 0.241 e. The molecule has 0 radical (unpaired) electrons. The lowest BCUT2D eigenvalue weighted by molar-refractivity contribution is -0.131. The van der Waals surface area contributed by atoms with Gasteiger partial charge >= 0.3 is 0 Å². The summed E-state index contributed by atoms with van der Waals surface area (Å²) in [5.41, 5.74) is 5.92. The molecule has 1 unspecified atom stereocenters. The number of nitrogens with two attached hydrogens (primary N) is 1. The summed E-state index contributed by atoms with van der Waals surface area (Å²) in [6.07, 6.45) is 6.17. The van der Waals surface area contributed by atoms with Crippen LogP contribution in [0.25, 0.3) is 6.08 Å². The number of carbonyl (C=O) groups is 1. The number of amides is 1. The largest absolute Gasteiger partial charge is 0.465 e. The predicted octanol–water partition coefficient (Wildman–Crippen LogP) is 1.54. The Labute approximate surface area is 145 Å². The highest BCUT2D eigenvalue weighted by atomic mass is 32.2. The number of carbonyl (C=O) groups excluding carboxylic acids is 1. The highest BCUT2D eigenvalue weighted by Crippen LogP contribution is 2.41. The van der Waals surface area contributed by atoms with Crippen molar-refractivity contribution in [3.8, 4) is 0 Å². The molecule has 2 N–H and O–H groups in total. The average Bonchev–Trinajstić information content (AvgIpc) is 3.20. The molecule has 0 aliphatic carbocycles. The summed E-state index contributed by atoms with van der Waals surface area (Å²) < 4.78 is 10.7. The Morgan fingerprint density at radius 1 is 1.50 bits per heavy atom. The fourth-order valence-corrected chi connectivity index (χ4v) is 3.92. The zero-order valence-electron chi connectivity index (χ0n) is 13.7. The Morgan fingerprint density at radius 2 is 2.29 bits per heavy atom. The Morgan fingerprint density at radius 3 is 2.96 bits per heavy atom. The van der Waals surface area contributed by atoms with Crippen molar-refractivity contribution in [3.63, 3.8) is 0 Å². The fraction of sp³-hybridized carbons (Fsp3) is 0.500. The predicted molar refractivity (Wildman–Crippen MR) is 94.1 cm³/mol. The van der Waals surface area contributed by atoms with E-state index in [1.165, 1.54) is 23.7 Å². The second-order valence-corrected chi connectivity index (χ2v) is 7.10. The average molecular weight is 350 g/mol. The molecule has 0 aromatic carbocycles. The van der Waals surface area contributed by atoms with Gasteiger partial charge in [0.05, 0.1) is 19.5 Å². The number of furan rings is 1. The highest BCUT2D eigenvalue weighted by Gasteiger charge is 2.43. The van der Waals surface area contributed by atoms with E-state index < -0.39 is 4.87 Å². The minimum absolute atomic E-state index is 0.131. The molecule has 0 spiro atoms. The molecule has 3 rings (SSSR count). The van der Waals surface area contributed by atoms with E-state index in [4.69, 9.17) is 14.9 Å². The van der Waals surface area contributed by atoms with Crippen molar-refractivity contribution in [3.05, 3.63) is 30.2 Å². The number of nitrogens with zero attached hydrogens (tertiary/aromatic N) is 3. The number of hydrogen-bond donors (Lipinski definition) is 1. The number of rotatable bonds is 5. The van der Waals surface area contributed by atoms with Crippen LogP contribution in [0.15, 0.2) is 34.0 Å². The normalized spacial score (nSPS) is 25.4. The molecule has 8 heteroatoms. The van der Waals surface area contributed by atoms with Crippen LogP contribution in [0.2, 0.25) is 0 Å². The summed E-state index contributed by atoms with van der Waals surface area (Å²) in [7, 11) is 0. The van der Waals surface area contributed by atoms with Crippen molar-refractivity contribution in [2.75, 3.05) is 32.8 Å². The van der Waals surface area contributed by atoms with E-state index in [1.807, 2.05) is 24.3 Å². The Kier molecular flexibility index (Phi) is 5.27. The molecule has 3 heterocycles. The second-order valence-electron chi connectivity index (χ2n) is 5.77. The number of hydrogen-bond acceptors (Lipinski definition) is 7. The van der Waals surface area contributed by atoms with Crippen molar-refractivity contribution in [1.82, 2.24) is 9.91 Å². The van der Waals surface area contributed by atoms with Crippen LogP contribution in [0.1, 0.15) is 19.1 Å². The lowest BCUT2D eigenvalue weighted by Crippen LogP contribution is -2.45. The van der Waals surface area contributed by atoms with Gasteiger partial charge < -0.3 is 14.9 Å². The summed E-state index contributed by atoms with van der Waals surface area (Å²) in [6.45, 7) is 5.64. The van der Waals surface area contributed by atoms with E-state index in [-0.39, 0.29) is 5.91 Å². The molecule has 1 fully saturated rings. The number of thioether (sulfide) groups is 1. The van der Waals surface area contributed by atoms with E-state index >= 15 is 0 Å². The molecule has 2 aliphatic heterocycles. The summed E-state index contributed by atoms with van der Waals surface area (Å²) in [5, 5.41) is 6.10. The third-order valence-electron chi connectivity index (χ3n) is 4.08. The van der Waals surface area contributed by atoms with E-state index in [0.29, 0.717) is 5.17 Å². The third kappa shape index (κ3) is 3.82. The van der Waals surface area contributed by atoms with Crippen molar-refractivity contribution >= 4 is 28.9 Å². The maximum absolute atomic E-state index is 12.1. The first-order valence-corrected chi connectivity index (χ1v) is 8.77. The zero-order valence-corrected chi connectivity index (χ0v) is 14.5. The minimum atomic E-state index is -0.624. The van der Waals surface area contributed by atoms with Crippen molar-refractivity contribution < 1.29 is 13.9 Å². The van der Waals surface area contributed by atoms with Gasteiger partial charge in [-0.05, 0) is 30.7 Å². The van der Waals surface area contributed by atoms with E-state index in [9.17, 15) is 4.79 Å². The lowest BCUT2D eigenvalue weighted by atomic mass is 10.1. The molecule has 24 heavy (non-hydrogen) atoms. The Hall–Kier alpha value is -1.77. The van der Waals surface area contributed by atoms with E-state index in [0.717, 1.165) is 45.0 Å². The van der Waals surface area contributed by atoms with Crippen LogP contribution >= 0.6 is 11.8 Å².